The van der Waals surface area contributed by atoms with Crippen molar-refractivity contribution < 1.29 is 9.59 Å². The zero-order chi connectivity index (χ0) is 22.2. The molecule has 1 aromatic carbocycles. The average molecular weight is 448 g/mol. The van der Waals surface area contributed by atoms with E-state index in [-0.39, 0.29) is 17.9 Å². The van der Waals surface area contributed by atoms with E-state index >= 15 is 0 Å². The molecule has 0 saturated carbocycles. The lowest BCUT2D eigenvalue weighted by atomic mass is 10.1. The van der Waals surface area contributed by atoms with Crippen LogP contribution >= 0.6 is 11.3 Å². The molecule has 0 spiro atoms. The van der Waals surface area contributed by atoms with Crippen molar-refractivity contribution in [1.29, 1.82) is 0 Å². The summed E-state index contributed by atoms with van der Waals surface area (Å²) < 4.78 is 0. The van der Waals surface area contributed by atoms with Gasteiger partial charge in [-0.05, 0) is 38.7 Å². The molecule has 7 nitrogen and oxygen atoms in total. The Kier molecular flexibility index (Phi) is 5.46. The molecule has 8 heteroatoms. The summed E-state index contributed by atoms with van der Waals surface area (Å²) in [6.45, 7) is 5.06. The van der Waals surface area contributed by atoms with E-state index in [4.69, 9.17) is 9.97 Å². The molecule has 1 fully saturated rings. The molecule has 1 atom stereocenters. The normalized spacial score (nSPS) is 17.8. The largest absolute Gasteiger partial charge is 0.328 e. The maximum absolute atomic E-state index is 13.2. The first-order chi connectivity index (χ1) is 15.5. The monoisotopic (exact) mass is 447 g/mol. The highest BCUT2D eigenvalue weighted by Gasteiger charge is 2.37. The van der Waals surface area contributed by atoms with Crippen molar-refractivity contribution in [1.82, 2.24) is 19.9 Å². The summed E-state index contributed by atoms with van der Waals surface area (Å²) in [5, 5.41) is 0. The zero-order valence-electron chi connectivity index (χ0n) is 18.2. The summed E-state index contributed by atoms with van der Waals surface area (Å²) in [7, 11) is 0. The summed E-state index contributed by atoms with van der Waals surface area (Å²) in [5.74, 6) is 1.40. The Morgan fingerprint density at radius 1 is 1.16 bits per heavy atom. The molecule has 2 amide bonds. The van der Waals surface area contributed by atoms with Gasteiger partial charge in [-0.3, -0.25) is 14.5 Å². The Balaban J connectivity index is 1.43. The first-order valence-electron chi connectivity index (χ1n) is 11.0. The number of fused-ring (bicyclic) bond motifs is 1. The molecule has 1 saturated heterocycles. The lowest BCUT2D eigenvalue weighted by Gasteiger charge is -2.25. The molecule has 0 aliphatic carbocycles. The first kappa shape index (κ1) is 20.8. The van der Waals surface area contributed by atoms with Gasteiger partial charge in [0.1, 0.15) is 10.7 Å². The van der Waals surface area contributed by atoms with Gasteiger partial charge in [0.25, 0.3) is 5.91 Å². The summed E-state index contributed by atoms with van der Waals surface area (Å²) >= 11 is 1.37. The lowest BCUT2D eigenvalue weighted by Crippen LogP contribution is -2.32. The fourth-order valence-corrected chi connectivity index (χ4v) is 5.34. The smallest absolute Gasteiger partial charge is 0.266 e. The van der Waals surface area contributed by atoms with Gasteiger partial charge in [0, 0.05) is 24.3 Å². The number of thiazole rings is 1. The third-order valence-corrected chi connectivity index (χ3v) is 7.23. The molecule has 0 unspecified atom stereocenters. The molecule has 164 valence electrons. The number of hydrogen-bond donors (Lipinski definition) is 0. The first-order valence-corrected chi connectivity index (χ1v) is 11.8. The second kappa shape index (κ2) is 8.43. The molecule has 2 aromatic heterocycles. The number of anilines is 1. The van der Waals surface area contributed by atoms with E-state index in [0.29, 0.717) is 36.0 Å². The van der Waals surface area contributed by atoms with Gasteiger partial charge in [0.2, 0.25) is 5.91 Å². The van der Waals surface area contributed by atoms with Crippen LogP contribution in [-0.4, -0.2) is 44.8 Å². The number of carbonyl (C=O) groups excluding carboxylic acids is 2. The molecule has 0 N–H and O–H groups in total. The number of nitrogens with zero attached hydrogens (tertiary/aromatic N) is 5. The van der Waals surface area contributed by atoms with Crippen LogP contribution in [0.1, 0.15) is 56.9 Å². The van der Waals surface area contributed by atoms with Gasteiger partial charge < -0.3 is 4.90 Å². The van der Waals surface area contributed by atoms with E-state index in [1.54, 1.807) is 10.4 Å². The van der Waals surface area contributed by atoms with Crippen LogP contribution in [0.15, 0.2) is 35.8 Å². The van der Waals surface area contributed by atoms with Crippen LogP contribution in [0.3, 0.4) is 0 Å². The van der Waals surface area contributed by atoms with Gasteiger partial charge in [-0.25, -0.2) is 15.0 Å². The number of rotatable bonds is 5. The van der Waals surface area contributed by atoms with E-state index in [1.807, 2.05) is 36.9 Å². The molecule has 3 aromatic rings. The predicted molar refractivity (Wildman–Crippen MR) is 123 cm³/mol. The SMILES string of the molecule is Cc1ncsc1C(=O)N1CCC[C@H]1c1nc(C)c2c(n1)N(CCc1ccccc1)C(=O)C2. The van der Waals surface area contributed by atoms with Crippen LogP contribution in [-0.2, 0) is 17.6 Å². The van der Waals surface area contributed by atoms with Crippen molar-refractivity contribution in [3.63, 3.8) is 0 Å². The fourth-order valence-electron chi connectivity index (χ4n) is 4.58. The number of hydrogen-bond acceptors (Lipinski definition) is 6. The molecule has 0 radical (unpaired) electrons. The zero-order valence-corrected chi connectivity index (χ0v) is 19.1. The van der Waals surface area contributed by atoms with Crippen LogP contribution in [0.5, 0.6) is 0 Å². The summed E-state index contributed by atoms with van der Waals surface area (Å²) in [6, 6.07) is 9.97. The second-order valence-electron chi connectivity index (χ2n) is 8.35. The van der Waals surface area contributed by atoms with Crippen LogP contribution in [0.4, 0.5) is 5.82 Å². The number of amides is 2. The number of benzene rings is 1. The molecule has 2 aliphatic heterocycles. The highest BCUT2D eigenvalue weighted by molar-refractivity contribution is 7.11. The maximum Gasteiger partial charge on any atom is 0.266 e. The topological polar surface area (TPSA) is 79.3 Å². The minimum absolute atomic E-state index is 0.00809. The summed E-state index contributed by atoms with van der Waals surface area (Å²) in [5.41, 5.74) is 5.39. The fraction of sp³-hybridized carbons (Fsp3) is 0.375. The van der Waals surface area contributed by atoms with Gasteiger partial charge in [-0.2, -0.15) is 0 Å². The van der Waals surface area contributed by atoms with Crippen LogP contribution < -0.4 is 4.90 Å². The van der Waals surface area contributed by atoms with E-state index in [0.717, 1.165) is 36.2 Å². The molecule has 4 heterocycles. The standard InChI is InChI=1S/C24H25N5O2S/c1-15-18-13-20(30)29(12-10-17-7-4-3-5-8-17)23(18)27-22(26-15)19-9-6-11-28(19)24(31)21-16(2)25-14-32-21/h3-5,7-8,14,19H,6,9-13H2,1-2H3/t19-/m0/s1. The third kappa shape index (κ3) is 3.68. The van der Waals surface area contributed by atoms with Crippen molar-refractivity contribution in [3.05, 3.63) is 69.1 Å². The quantitative estimate of drug-likeness (QED) is 0.596. The Bertz CT molecular complexity index is 1180. The number of aromatic nitrogens is 3. The van der Waals surface area contributed by atoms with E-state index in [2.05, 4.69) is 17.1 Å². The van der Waals surface area contributed by atoms with Crippen LogP contribution in [0.2, 0.25) is 0 Å². The number of likely N-dealkylation sites (tertiary alicyclic amines) is 1. The Morgan fingerprint density at radius 3 is 2.72 bits per heavy atom. The van der Waals surface area contributed by atoms with Crippen molar-refractivity contribution in [2.75, 3.05) is 18.0 Å². The van der Waals surface area contributed by atoms with Crippen LogP contribution in [0, 0.1) is 13.8 Å². The minimum Gasteiger partial charge on any atom is -0.328 e. The molecule has 5 rings (SSSR count). The van der Waals surface area contributed by atoms with Gasteiger partial charge >= 0.3 is 0 Å². The van der Waals surface area contributed by atoms with E-state index < -0.39 is 0 Å². The Hall–Kier alpha value is -3.13. The number of aryl methyl sites for hydroxylation is 2. The number of carbonyl (C=O) groups is 2. The summed E-state index contributed by atoms with van der Waals surface area (Å²) in [6.07, 6.45) is 2.83. The van der Waals surface area contributed by atoms with Crippen LogP contribution in [0.25, 0.3) is 0 Å². The predicted octanol–water partition coefficient (Wildman–Crippen LogP) is 3.66. The Morgan fingerprint density at radius 2 is 1.97 bits per heavy atom. The molecule has 0 bridgehead atoms. The maximum atomic E-state index is 13.2. The van der Waals surface area contributed by atoms with Gasteiger partial charge in [-0.1, -0.05) is 30.3 Å². The van der Waals surface area contributed by atoms with Crippen molar-refractivity contribution in [2.45, 2.75) is 45.6 Å². The van der Waals surface area contributed by atoms with Crippen molar-refractivity contribution >= 4 is 29.0 Å². The Labute approximate surface area is 191 Å². The molecular weight excluding hydrogens is 422 g/mol. The summed E-state index contributed by atoms with van der Waals surface area (Å²) in [4.78, 5) is 44.2. The third-order valence-electron chi connectivity index (χ3n) is 6.31. The molecular formula is C24H25N5O2S. The molecule has 32 heavy (non-hydrogen) atoms. The highest BCUT2D eigenvalue weighted by atomic mass is 32.1. The van der Waals surface area contributed by atoms with E-state index in [9.17, 15) is 9.59 Å². The van der Waals surface area contributed by atoms with Gasteiger partial charge in [0.15, 0.2) is 5.82 Å². The lowest BCUT2D eigenvalue weighted by molar-refractivity contribution is -0.117. The van der Waals surface area contributed by atoms with Gasteiger partial charge in [-0.15, -0.1) is 11.3 Å². The van der Waals surface area contributed by atoms with Crippen molar-refractivity contribution in [2.24, 2.45) is 0 Å². The van der Waals surface area contributed by atoms with E-state index in [1.165, 1.54) is 16.9 Å². The second-order valence-corrected chi connectivity index (χ2v) is 9.21. The molecule has 2 aliphatic rings. The van der Waals surface area contributed by atoms with Crippen molar-refractivity contribution in [3.8, 4) is 0 Å². The van der Waals surface area contributed by atoms with Gasteiger partial charge in [0.05, 0.1) is 23.7 Å². The highest BCUT2D eigenvalue weighted by Crippen LogP contribution is 2.36. The minimum atomic E-state index is -0.181. The average Bonchev–Trinajstić information content (AvgIpc) is 3.51.